The van der Waals surface area contributed by atoms with E-state index in [1.54, 1.807) is 4.52 Å². The molecule has 0 spiro atoms. The van der Waals surface area contributed by atoms with Crippen LogP contribution in [0.2, 0.25) is 0 Å². The summed E-state index contributed by atoms with van der Waals surface area (Å²) < 4.78 is 7.03. The number of fused-ring (bicyclic) bond motifs is 1. The van der Waals surface area contributed by atoms with Gasteiger partial charge in [0.1, 0.15) is 6.33 Å². The minimum Gasteiger partial charge on any atom is -0.381 e. The smallest absolute Gasteiger partial charge is 0.252 e. The zero-order chi connectivity index (χ0) is 15.5. The second kappa shape index (κ2) is 6.39. The van der Waals surface area contributed by atoms with Gasteiger partial charge in [-0.05, 0) is 32.3 Å². The Bertz CT molecular complexity index is 676. The van der Waals surface area contributed by atoms with E-state index in [4.69, 9.17) is 4.74 Å². The molecule has 2 aromatic heterocycles. The molecule has 0 unspecified atom stereocenters. The van der Waals surface area contributed by atoms with Gasteiger partial charge in [0, 0.05) is 36.9 Å². The van der Waals surface area contributed by atoms with Gasteiger partial charge in [-0.3, -0.25) is 4.79 Å². The maximum atomic E-state index is 12.0. The standard InChI is InChI=1S/C15H21N5O2/c1-10-13(11(2)20-15(19-10)17-9-18-20)3-4-14(21)16-7-12-5-6-22-8-12/h9,12H,3-8H2,1-2H3,(H,16,21)/t12-/m1/s1. The van der Waals surface area contributed by atoms with Crippen molar-refractivity contribution in [3.63, 3.8) is 0 Å². The zero-order valence-electron chi connectivity index (χ0n) is 13.0. The lowest BCUT2D eigenvalue weighted by atomic mass is 10.1. The van der Waals surface area contributed by atoms with Crippen LogP contribution in [0.3, 0.4) is 0 Å². The van der Waals surface area contributed by atoms with Crippen LogP contribution < -0.4 is 5.32 Å². The van der Waals surface area contributed by atoms with E-state index >= 15 is 0 Å². The molecule has 1 saturated heterocycles. The van der Waals surface area contributed by atoms with Crippen LogP contribution in [-0.2, 0) is 16.0 Å². The van der Waals surface area contributed by atoms with Crippen molar-refractivity contribution < 1.29 is 9.53 Å². The third-order valence-electron chi connectivity index (χ3n) is 4.20. The Kier molecular flexibility index (Phi) is 4.33. The van der Waals surface area contributed by atoms with Gasteiger partial charge in [0.25, 0.3) is 5.78 Å². The molecule has 1 atom stereocenters. The SMILES string of the molecule is Cc1nc2ncnn2c(C)c1CCC(=O)NC[C@H]1CCOC1. The summed E-state index contributed by atoms with van der Waals surface area (Å²) in [6.45, 7) is 6.20. The van der Waals surface area contributed by atoms with Gasteiger partial charge in [0.05, 0.1) is 6.61 Å². The van der Waals surface area contributed by atoms with Crippen molar-refractivity contribution in [1.82, 2.24) is 24.9 Å². The number of amides is 1. The lowest BCUT2D eigenvalue weighted by Gasteiger charge is -2.12. The van der Waals surface area contributed by atoms with Crippen LogP contribution in [0, 0.1) is 19.8 Å². The summed E-state index contributed by atoms with van der Waals surface area (Å²) in [7, 11) is 0. The van der Waals surface area contributed by atoms with Crippen LogP contribution in [0.4, 0.5) is 0 Å². The van der Waals surface area contributed by atoms with Crippen molar-refractivity contribution in [2.45, 2.75) is 33.1 Å². The fourth-order valence-corrected chi connectivity index (χ4v) is 2.85. The van der Waals surface area contributed by atoms with Crippen molar-refractivity contribution in [3.05, 3.63) is 23.3 Å². The first kappa shape index (κ1) is 14.9. The van der Waals surface area contributed by atoms with Crippen molar-refractivity contribution in [2.24, 2.45) is 5.92 Å². The van der Waals surface area contributed by atoms with E-state index in [1.165, 1.54) is 6.33 Å². The molecular formula is C15H21N5O2. The average molecular weight is 303 g/mol. The topological polar surface area (TPSA) is 81.4 Å². The Morgan fingerprint density at radius 2 is 2.36 bits per heavy atom. The Labute approximate surface area is 129 Å². The molecule has 0 saturated carbocycles. The monoisotopic (exact) mass is 303 g/mol. The third kappa shape index (κ3) is 3.09. The van der Waals surface area contributed by atoms with Crippen LogP contribution in [0.25, 0.3) is 5.78 Å². The molecule has 1 amide bonds. The molecule has 0 aromatic carbocycles. The van der Waals surface area contributed by atoms with E-state index in [1.807, 2.05) is 13.8 Å². The van der Waals surface area contributed by atoms with Crippen LogP contribution in [0.15, 0.2) is 6.33 Å². The Hall–Kier alpha value is -2.02. The largest absolute Gasteiger partial charge is 0.381 e. The number of rotatable bonds is 5. The first-order valence-corrected chi connectivity index (χ1v) is 7.65. The quantitative estimate of drug-likeness (QED) is 0.884. The number of hydrogen-bond acceptors (Lipinski definition) is 5. The number of carbonyl (C=O) groups is 1. The maximum absolute atomic E-state index is 12.0. The van der Waals surface area contributed by atoms with E-state index in [0.717, 1.165) is 36.6 Å². The molecule has 1 aliphatic heterocycles. The highest BCUT2D eigenvalue weighted by Gasteiger charge is 2.17. The van der Waals surface area contributed by atoms with Gasteiger partial charge in [0.2, 0.25) is 5.91 Å². The van der Waals surface area contributed by atoms with E-state index in [0.29, 0.717) is 31.1 Å². The fraction of sp³-hybridized carbons (Fsp3) is 0.600. The zero-order valence-corrected chi connectivity index (χ0v) is 13.0. The van der Waals surface area contributed by atoms with Crippen LogP contribution in [0.5, 0.6) is 0 Å². The molecular weight excluding hydrogens is 282 g/mol. The first-order chi connectivity index (χ1) is 10.6. The molecule has 0 radical (unpaired) electrons. The number of nitrogens with one attached hydrogen (secondary N) is 1. The highest BCUT2D eigenvalue weighted by molar-refractivity contribution is 5.76. The predicted molar refractivity (Wildman–Crippen MR) is 80.5 cm³/mol. The van der Waals surface area contributed by atoms with E-state index in [-0.39, 0.29) is 5.91 Å². The minimum atomic E-state index is 0.0735. The van der Waals surface area contributed by atoms with Crippen molar-refractivity contribution in [3.8, 4) is 0 Å². The van der Waals surface area contributed by atoms with Crippen LogP contribution in [-0.4, -0.2) is 45.2 Å². The van der Waals surface area contributed by atoms with E-state index < -0.39 is 0 Å². The van der Waals surface area contributed by atoms with Gasteiger partial charge in [-0.25, -0.2) is 9.50 Å². The Morgan fingerprint density at radius 3 is 3.14 bits per heavy atom. The van der Waals surface area contributed by atoms with Gasteiger partial charge in [0.15, 0.2) is 0 Å². The summed E-state index contributed by atoms with van der Waals surface area (Å²) in [5.74, 6) is 1.13. The van der Waals surface area contributed by atoms with Gasteiger partial charge in [-0.15, -0.1) is 0 Å². The average Bonchev–Trinajstić information content (AvgIpc) is 3.15. The molecule has 7 nitrogen and oxygen atoms in total. The Balaban J connectivity index is 1.59. The molecule has 1 fully saturated rings. The normalized spacial score (nSPS) is 18.0. The lowest BCUT2D eigenvalue weighted by Crippen LogP contribution is -2.29. The summed E-state index contributed by atoms with van der Waals surface area (Å²) in [5, 5.41) is 7.16. The van der Waals surface area contributed by atoms with Crippen molar-refractivity contribution in [1.29, 1.82) is 0 Å². The molecule has 0 aliphatic carbocycles. The molecule has 2 aromatic rings. The first-order valence-electron chi connectivity index (χ1n) is 7.65. The molecule has 1 N–H and O–H groups in total. The Morgan fingerprint density at radius 1 is 1.50 bits per heavy atom. The van der Waals surface area contributed by atoms with Gasteiger partial charge < -0.3 is 10.1 Å². The number of aryl methyl sites for hydroxylation is 2. The molecule has 3 rings (SSSR count). The fourth-order valence-electron chi connectivity index (χ4n) is 2.85. The summed E-state index contributed by atoms with van der Waals surface area (Å²) in [5.41, 5.74) is 2.98. The minimum absolute atomic E-state index is 0.0735. The van der Waals surface area contributed by atoms with Gasteiger partial charge in [-0.2, -0.15) is 10.1 Å². The van der Waals surface area contributed by atoms with Crippen LogP contribution in [0.1, 0.15) is 29.8 Å². The molecule has 22 heavy (non-hydrogen) atoms. The molecule has 118 valence electrons. The maximum Gasteiger partial charge on any atom is 0.252 e. The predicted octanol–water partition coefficient (Wildman–Crippen LogP) is 0.826. The lowest BCUT2D eigenvalue weighted by molar-refractivity contribution is -0.121. The summed E-state index contributed by atoms with van der Waals surface area (Å²) >= 11 is 0. The van der Waals surface area contributed by atoms with E-state index in [9.17, 15) is 4.79 Å². The number of aromatic nitrogens is 4. The second-order valence-corrected chi connectivity index (χ2v) is 5.77. The molecule has 0 bridgehead atoms. The molecule has 3 heterocycles. The van der Waals surface area contributed by atoms with Crippen molar-refractivity contribution >= 4 is 11.7 Å². The second-order valence-electron chi connectivity index (χ2n) is 5.77. The summed E-state index contributed by atoms with van der Waals surface area (Å²) in [6.07, 6.45) is 3.64. The van der Waals surface area contributed by atoms with Gasteiger partial charge in [-0.1, -0.05) is 0 Å². The summed E-state index contributed by atoms with van der Waals surface area (Å²) in [4.78, 5) is 20.5. The third-order valence-corrected chi connectivity index (χ3v) is 4.20. The number of hydrogen-bond donors (Lipinski definition) is 1. The number of ether oxygens (including phenoxy) is 1. The van der Waals surface area contributed by atoms with Gasteiger partial charge >= 0.3 is 0 Å². The van der Waals surface area contributed by atoms with Crippen LogP contribution >= 0.6 is 0 Å². The number of carbonyl (C=O) groups excluding carboxylic acids is 1. The molecule has 7 heteroatoms. The van der Waals surface area contributed by atoms with E-state index in [2.05, 4.69) is 20.4 Å². The summed E-state index contributed by atoms with van der Waals surface area (Å²) in [6, 6.07) is 0. The highest BCUT2D eigenvalue weighted by Crippen LogP contribution is 2.15. The van der Waals surface area contributed by atoms with Crippen molar-refractivity contribution in [2.75, 3.05) is 19.8 Å². The highest BCUT2D eigenvalue weighted by atomic mass is 16.5. The molecule has 1 aliphatic rings. The number of nitrogens with zero attached hydrogens (tertiary/aromatic N) is 4.